The van der Waals surface area contributed by atoms with Gasteiger partial charge in [-0.05, 0) is 20.8 Å². The molecule has 3 N–H and O–H groups in total. The van der Waals surface area contributed by atoms with Crippen LogP contribution in [-0.2, 0) is 9.59 Å². The summed E-state index contributed by atoms with van der Waals surface area (Å²) in [6.45, 7) is 5.75. The number of hydrogen-bond acceptors (Lipinski definition) is 3. The summed E-state index contributed by atoms with van der Waals surface area (Å²) in [5.74, 6) is -1.03. The van der Waals surface area contributed by atoms with E-state index < -0.39 is 11.9 Å². The highest BCUT2D eigenvalue weighted by atomic mass is 35.5. The fourth-order valence-corrected chi connectivity index (χ4v) is 1.04. The summed E-state index contributed by atoms with van der Waals surface area (Å²) in [5.41, 5.74) is -0.298. The third kappa shape index (κ3) is 9.62. The van der Waals surface area contributed by atoms with Crippen LogP contribution in [0.3, 0.4) is 0 Å². The van der Waals surface area contributed by atoms with Crippen molar-refractivity contribution in [1.29, 1.82) is 0 Å². The van der Waals surface area contributed by atoms with E-state index in [0.717, 1.165) is 0 Å². The van der Waals surface area contributed by atoms with Gasteiger partial charge in [0.25, 0.3) is 0 Å². The minimum atomic E-state index is -0.654. The van der Waals surface area contributed by atoms with Crippen molar-refractivity contribution in [2.24, 2.45) is 0 Å². The summed E-state index contributed by atoms with van der Waals surface area (Å²) in [6, 6.07) is -0.654. The molecule has 98 valence electrons. The van der Waals surface area contributed by atoms with E-state index in [2.05, 4.69) is 10.6 Å². The first-order valence-electron chi connectivity index (χ1n) is 5.19. The molecule has 7 heteroatoms. The average molecular weight is 264 g/mol. The maximum Gasteiger partial charge on any atom is 0.321 e. The van der Waals surface area contributed by atoms with Gasteiger partial charge in [0.2, 0.25) is 11.8 Å². The van der Waals surface area contributed by atoms with Crippen molar-refractivity contribution in [1.82, 2.24) is 16.0 Å². The van der Waals surface area contributed by atoms with E-state index in [9.17, 15) is 14.4 Å². The molecule has 0 aliphatic carbocycles. The number of nitrogens with one attached hydrogen (secondary N) is 3. The van der Waals surface area contributed by atoms with Crippen LogP contribution in [-0.4, -0.2) is 35.8 Å². The molecule has 17 heavy (non-hydrogen) atoms. The number of carbonyl (C=O) groups is 3. The molecule has 0 unspecified atom stereocenters. The molecule has 0 aromatic heterocycles. The lowest BCUT2D eigenvalue weighted by Crippen LogP contribution is -2.44. The second-order valence-electron chi connectivity index (χ2n) is 4.49. The van der Waals surface area contributed by atoms with Gasteiger partial charge in [-0.3, -0.25) is 14.9 Å². The first kappa shape index (κ1) is 15.7. The van der Waals surface area contributed by atoms with Crippen molar-refractivity contribution in [3.63, 3.8) is 0 Å². The molecule has 0 bridgehead atoms. The van der Waals surface area contributed by atoms with Crippen molar-refractivity contribution in [3.05, 3.63) is 0 Å². The van der Waals surface area contributed by atoms with Crippen LogP contribution in [0.2, 0.25) is 0 Å². The molecule has 0 atom stereocenters. The Bertz CT molecular complexity index is 300. The largest absolute Gasteiger partial charge is 0.351 e. The SMILES string of the molecule is CC(C)(C)NC(=O)CCNC(=O)NC(=O)CCl. The van der Waals surface area contributed by atoms with Crippen LogP contribution in [0.15, 0.2) is 0 Å². The third-order valence-corrected chi connectivity index (χ3v) is 1.77. The molecule has 0 saturated carbocycles. The summed E-state index contributed by atoms with van der Waals surface area (Å²) in [6.07, 6.45) is 0.153. The van der Waals surface area contributed by atoms with Crippen LogP contribution >= 0.6 is 11.6 Å². The van der Waals surface area contributed by atoms with E-state index in [0.29, 0.717) is 0 Å². The lowest BCUT2D eigenvalue weighted by atomic mass is 10.1. The molecule has 4 amide bonds. The molecule has 0 saturated heterocycles. The molecule has 6 nitrogen and oxygen atoms in total. The van der Waals surface area contributed by atoms with Crippen LogP contribution in [0.4, 0.5) is 4.79 Å². The second-order valence-corrected chi connectivity index (χ2v) is 4.75. The number of halogens is 1. The molecule has 0 radical (unpaired) electrons. The minimum absolute atomic E-state index is 0.153. The highest BCUT2D eigenvalue weighted by Crippen LogP contribution is 1.98. The van der Waals surface area contributed by atoms with E-state index in [1.807, 2.05) is 26.1 Å². The van der Waals surface area contributed by atoms with Crippen LogP contribution in [0.25, 0.3) is 0 Å². The molecular weight excluding hydrogens is 246 g/mol. The van der Waals surface area contributed by atoms with Crippen molar-refractivity contribution in [2.45, 2.75) is 32.7 Å². The fraction of sp³-hybridized carbons (Fsp3) is 0.700. The molecule has 0 spiro atoms. The van der Waals surface area contributed by atoms with Crippen molar-refractivity contribution >= 4 is 29.4 Å². The number of rotatable bonds is 4. The van der Waals surface area contributed by atoms with Gasteiger partial charge in [0.1, 0.15) is 5.88 Å². The van der Waals surface area contributed by atoms with Crippen molar-refractivity contribution in [2.75, 3.05) is 12.4 Å². The minimum Gasteiger partial charge on any atom is -0.351 e. The van der Waals surface area contributed by atoms with Gasteiger partial charge in [-0.15, -0.1) is 11.6 Å². The van der Waals surface area contributed by atoms with E-state index in [-0.39, 0.29) is 30.3 Å². The standard InChI is InChI=1S/C10H18ClN3O3/c1-10(2,3)14-7(15)4-5-12-9(17)13-8(16)6-11/h4-6H2,1-3H3,(H,14,15)(H2,12,13,16,17). The molecule has 0 aromatic rings. The number of carbonyl (C=O) groups excluding carboxylic acids is 3. The third-order valence-electron chi connectivity index (χ3n) is 1.53. The Kier molecular flexibility index (Phi) is 6.57. The topological polar surface area (TPSA) is 87.3 Å². The maximum absolute atomic E-state index is 11.3. The summed E-state index contributed by atoms with van der Waals surface area (Å²) in [4.78, 5) is 33.1. The maximum atomic E-state index is 11.3. The number of amides is 4. The normalized spacial score (nSPS) is 10.6. The molecule has 0 aliphatic heterocycles. The van der Waals surface area contributed by atoms with Gasteiger partial charge in [0.15, 0.2) is 0 Å². The summed E-state index contributed by atoms with van der Waals surface area (Å²) < 4.78 is 0. The van der Waals surface area contributed by atoms with Gasteiger partial charge in [0.05, 0.1) is 0 Å². The van der Waals surface area contributed by atoms with Crippen molar-refractivity contribution < 1.29 is 14.4 Å². The Hall–Kier alpha value is -1.30. The molecule has 0 heterocycles. The Labute approximate surface area is 105 Å². The Morgan fingerprint density at radius 3 is 2.18 bits per heavy atom. The van der Waals surface area contributed by atoms with Crippen LogP contribution < -0.4 is 16.0 Å². The zero-order valence-corrected chi connectivity index (χ0v) is 11.0. The van der Waals surface area contributed by atoms with Crippen molar-refractivity contribution in [3.8, 4) is 0 Å². The smallest absolute Gasteiger partial charge is 0.321 e. The summed E-state index contributed by atoms with van der Waals surface area (Å²) in [5, 5.41) is 7.12. The molecule has 0 aliphatic rings. The molecule has 0 aromatic carbocycles. The Morgan fingerprint density at radius 1 is 1.12 bits per heavy atom. The Balaban J connectivity index is 3.74. The molecule has 0 fully saturated rings. The highest BCUT2D eigenvalue weighted by molar-refractivity contribution is 6.28. The van der Waals surface area contributed by atoms with E-state index in [4.69, 9.17) is 11.6 Å². The van der Waals surface area contributed by atoms with Crippen LogP contribution in [0.5, 0.6) is 0 Å². The highest BCUT2D eigenvalue weighted by Gasteiger charge is 2.13. The monoisotopic (exact) mass is 263 g/mol. The quantitative estimate of drug-likeness (QED) is 0.640. The van der Waals surface area contributed by atoms with Gasteiger partial charge >= 0.3 is 6.03 Å². The first-order chi connectivity index (χ1) is 7.74. The number of alkyl halides is 1. The molecule has 0 rings (SSSR count). The van der Waals surface area contributed by atoms with Gasteiger partial charge in [-0.2, -0.15) is 0 Å². The lowest BCUT2D eigenvalue weighted by molar-refractivity contribution is -0.122. The summed E-state index contributed by atoms with van der Waals surface area (Å²) >= 11 is 5.20. The van der Waals surface area contributed by atoms with E-state index >= 15 is 0 Å². The predicted molar refractivity (Wildman–Crippen MR) is 64.8 cm³/mol. The fourth-order valence-electron chi connectivity index (χ4n) is 0.975. The zero-order chi connectivity index (χ0) is 13.5. The number of hydrogen-bond donors (Lipinski definition) is 3. The van der Waals surface area contributed by atoms with E-state index in [1.165, 1.54) is 0 Å². The van der Waals surface area contributed by atoms with Gasteiger partial charge in [-0.1, -0.05) is 0 Å². The van der Waals surface area contributed by atoms with Gasteiger partial charge in [-0.25, -0.2) is 4.79 Å². The van der Waals surface area contributed by atoms with Crippen LogP contribution in [0.1, 0.15) is 27.2 Å². The second kappa shape index (κ2) is 7.11. The Morgan fingerprint density at radius 2 is 1.71 bits per heavy atom. The number of imide groups is 1. The molecular formula is C10H18ClN3O3. The van der Waals surface area contributed by atoms with Gasteiger partial charge in [0, 0.05) is 18.5 Å². The number of urea groups is 1. The predicted octanol–water partition coefficient (Wildman–Crippen LogP) is 0.356. The van der Waals surface area contributed by atoms with Gasteiger partial charge < -0.3 is 10.6 Å². The van der Waals surface area contributed by atoms with Crippen LogP contribution in [0, 0.1) is 0 Å². The first-order valence-corrected chi connectivity index (χ1v) is 5.72. The zero-order valence-electron chi connectivity index (χ0n) is 10.2. The average Bonchev–Trinajstić information content (AvgIpc) is 2.14. The summed E-state index contributed by atoms with van der Waals surface area (Å²) in [7, 11) is 0. The van der Waals surface area contributed by atoms with E-state index in [1.54, 1.807) is 0 Å². The lowest BCUT2D eigenvalue weighted by Gasteiger charge is -2.20.